The molecule has 0 aromatic heterocycles. The van der Waals surface area contributed by atoms with Crippen molar-refractivity contribution < 1.29 is 18.3 Å². The minimum atomic E-state index is -2.96. The van der Waals surface area contributed by atoms with Crippen LogP contribution in [0.4, 0.5) is 0 Å². The molecule has 1 amide bonds. The van der Waals surface area contributed by atoms with Crippen LogP contribution in [0.1, 0.15) is 24.4 Å². The first-order chi connectivity index (χ1) is 9.50. The van der Waals surface area contributed by atoms with Crippen LogP contribution in [0.15, 0.2) is 30.3 Å². The third-order valence-electron chi connectivity index (χ3n) is 3.52. The lowest BCUT2D eigenvalue weighted by molar-refractivity contribution is -0.122. The summed E-state index contributed by atoms with van der Waals surface area (Å²) in [5.41, 5.74) is 0.836. The summed E-state index contributed by atoms with van der Waals surface area (Å²) in [5, 5.41) is 12.1. The quantitative estimate of drug-likeness (QED) is 0.836. The van der Waals surface area contributed by atoms with E-state index in [2.05, 4.69) is 5.32 Å². The van der Waals surface area contributed by atoms with Crippen LogP contribution in [-0.2, 0) is 14.6 Å². The second-order valence-corrected chi connectivity index (χ2v) is 7.42. The number of aliphatic hydroxyl groups is 1. The third kappa shape index (κ3) is 4.05. The predicted octanol–water partition coefficient (Wildman–Crippen LogP) is 0.661. The van der Waals surface area contributed by atoms with Gasteiger partial charge in [0.15, 0.2) is 9.84 Å². The van der Waals surface area contributed by atoms with E-state index >= 15 is 0 Å². The summed E-state index contributed by atoms with van der Waals surface area (Å²) in [6.45, 7) is -0.182. The van der Waals surface area contributed by atoms with E-state index in [1.165, 1.54) is 0 Å². The van der Waals surface area contributed by atoms with E-state index in [0.29, 0.717) is 6.42 Å². The van der Waals surface area contributed by atoms with Gasteiger partial charge in [0.1, 0.15) is 0 Å². The molecule has 1 fully saturated rings. The lowest BCUT2D eigenvalue weighted by atomic mass is 10.0. The zero-order chi connectivity index (χ0) is 14.6. The maximum Gasteiger partial charge on any atom is 0.220 e. The van der Waals surface area contributed by atoms with Gasteiger partial charge in [-0.2, -0.15) is 0 Å². The van der Waals surface area contributed by atoms with Crippen molar-refractivity contribution in [3.8, 4) is 0 Å². The molecule has 2 N–H and O–H groups in total. The molecule has 5 nitrogen and oxygen atoms in total. The fraction of sp³-hybridized carbons (Fsp3) is 0.500. The predicted molar refractivity (Wildman–Crippen MR) is 75.8 cm³/mol. The minimum Gasteiger partial charge on any atom is -0.394 e. The van der Waals surface area contributed by atoms with Gasteiger partial charge in [-0.05, 0) is 17.9 Å². The molecule has 1 saturated heterocycles. The first-order valence-electron chi connectivity index (χ1n) is 6.66. The van der Waals surface area contributed by atoms with Gasteiger partial charge in [0, 0.05) is 6.42 Å². The Kier molecular flexibility index (Phi) is 4.77. The molecule has 2 atom stereocenters. The molecular formula is C14H19NO4S. The highest BCUT2D eigenvalue weighted by Crippen LogP contribution is 2.22. The molecule has 0 aliphatic carbocycles. The van der Waals surface area contributed by atoms with Gasteiger partial charge >= 0.3 is 0 Å². The molecule has 20 heavy (non-hydrogen) atoms. The Morgan fingerprint density at radius 2 is 2.05 bits per heavy atom. The number of carbonyl (C=O) groups excluding carboxylic acids is 1. The number of aliphatic hydroxyl groups excluding tert-OH is 1. The first kappa shape index (κ1) is 15.0. The molecule has 1 heterocycles. The second kappa shape index (κ2) is 6.37. The highest BCUT2D eigenvalue weighted by atomic mass is 32.2. The van der Waals surface area contributed by atoms with E-state index in [-0.39, 0.29) is 36.4 Å². The number of rotatable bonds is 5. The molecule has 2 unspecified atom stereocenters. The van der Waals surface area contributed by atoms with Crippen molar-refractivity contribution in [1.29, 1.82) is 0 Å². The maximum absolute atomic E-state index is 11.9. The van der Waals surface area contributed by atoms with Gasteiger partial charge in [-0.15, -0.1) is 0 Å². The standard InChI is InChI=1S/C14H19NO4S/c16-9-13(12-4-2-1-3-5-12)15-14(17)8-11-6-7-20(18,19)10-11/h1-5,11,13,16H,6-10H2,(H,15,17). The Balaban J connectivity index is 1.90. The van der Waals surface area contributed by atoms with Crippen LogP contribution in [0.25, 0.3) is 0 Å². The molecule has 0 spiro atoms. The number of benzene rings is 1. The monoisotopic (exact) mass is 297 g/mol. The molecule has 110 valence electrons. The van der Waals surface area contributed by atoms with Crippen LogP contribution >= 0.6 is 0 Å². The number of hydrogen-bond acceptors (Lipinski definition) is 4. The highest BCUT2D eigenvalue weighted by molar-refractivity contribution is 7.91. The van der Waals surface area contributed by atoms with Crippen molar-refractivity contribution in [2.75, 3.05) is 18.1 Å². The Labute approximate surface area is 118 Å². The zero-order valence-electron chi connectivity index (χ0n) is 11.2. The van der Waals surface area contributed by atoms with E-state index in [1.54, 1.807) is 0 Å². The van der Waals surface area contributed by atoms with Crippen molar-refractivity contribution in [2.24, 2.45) is 5.92 Å². The third-order valence-corrected chi connectivity index (χ3v) is 5.36. The van der Waals surface area contributed by atoms with Crippen LogP contribution in [0.2, 0.25) is 0 Å². The van der Waals surface area contributed by atoms with Crippen LogP contribution in [-0.4, -0.2) is 37.5 Å². The average Bonchev–Trinajstić information content (AvgIpc) is 2.76. The molecule has 0 bridgehead atoms. The van der Waals surface area contributed by atoms with E-state index in [1.807, 2.05) is 30.3 Å². The number of carbonyl (C=O) groups is 1. The van der Waals surface area contributed by atoms with Crippen LogP contribution in [0.3, 0.4) is 0 Å². The van der Waals surface area contributed by atoms with Crippen molar-refractivity contribution in [3.63, 3.8) is 0 Å². The van der Waals surface area contributed by atoms with E-state index in [0.717, 1.165) is 5.56 Å². The molecule has 1 aliphatic rings. The fourth-order valence-electron chi connectivity index (χ4n) is 2.47. The van der Waals surface area contributed by atoms with Gasteiger partial charge < -0.3 is 10.4 Å². The Morgan fingerprint density at radius 3 is 2.60 bits per heavy atom. The van der Waals surface area contributed by atoms with Crippen LogP contribution in [0.5, 0.6) is 0 Å². The summed E-state index contributed by atoms with van der Waals surface area (Å²) in [7, 11) is -2.96. The van der Waals surface area contributed by atoms with Crippen LogP contribution in [0, 0.1) is 5.92 Å². The Morgan fingerprint density at radius 1 is 1.35 bits per heavy atom. The second-order valence-electron chi connectivity index (χ2n) is 5.19. The van der Waals surface area contributed by atoms with Gasteiger partial charge in [0.05, 0.1) is 24.2 Å². The molecule has 2 rings (SSSR count). The van der Waals surface area contributed by atoms with Crippen molar-refractivity contribution in [3.05, 3.63) is 35.9 Å². The topological polar surface area (TPSA) is 83.5 Å². The van der Waals surface area contributed by atoms with Gasteiger partial charge in [-0.1, -0.05) is 30.3 Å². The highest BCUT2D eigenvalue weighted by Gasteiger charge is 2.29. The fourth-order valence-corrected chi connectivity index (χ4v) is 4.33. The number of amides is 1. The average molecular weight is 297 g/mol. The maximum atomic E-state index is 11.9. The van der Waals surface area contributed by atoms with Gasteiger partial charge in [-0.25, -0.2) is 8.42 Å². The molecule has 0 radical (unpaired) electrons. The van der Waals surface area contributed by atoms with E-state index in [4.69, 9.17) is 0 Å². The van der Waals surface area contributed by atoms with Gasteiger partial charge in [-0.3, -0.25) is 4.79 Å². The molecular weight excluding hydrogens is 278 g/mol. The normalized spacial score (nSPS) is 22.4. The SMILES string of the molecule is O=C(CC1CCS(=O)(=O)C1)NC(CO)c1ccccc1. The summed E-state index contributed by atoms with van der Waals surface area (Å²) in [5.74, 6) is -0.0482. The number of sulfone groups is 1. The Hall–Kier alpha value is -1.40. The first-order valence-corrected chi connectivity index (χ1v) is 8.48. The Bertz CT molecular complexity index is 556. The smallest absolute Gasteiger partial charge is 0.220 e. The van der Waals surface area contributed by atoms with Gasteiger partial charge in [0.2, 0.25) is 5.91 Å². The van der Waals surface area contributed by atoms with E-state index < -0.39 is 15.9 Å². The molecule has 1 aromatic carbocycles. The molecule has 1 aromatic rings. The molecule has 0 saturated carbocycles. The molecule has 1 aliphatic heterocycles. The largest absolute Gasteiger partial charge is 0.394 e. The van der Waals surface area contributed by atoms with E-state index in [9.17, 15) is 18.3 Å². The van der Waals surface area contributed by atoms with Crippen molar-refractivity contribution in [2.45, 2.75) is 18.9 Å². The van der Waals surface area contributed by atoms with Crippen molar-refractivity contribution >= 4 is 15.7 Å². The number of hydrogen-bond donors (Lipinski definition) is 2. The van der Waals surface area contributed by atoms with Gasteiger partial charge in [0.25, 0.3) is 0 Å². The summed E-state index contributed by atoms with van der Waals surface area (Å²) < 4.78 is 22.7. The minimum absolute atomic E-state index is 0.0928. The van der Waals surface area contributed by atoms with Crippen LogP contribution < -0.4 is 5.32 Å². The number of nitrogens with one attached hydrogen (secondary N) is 1. The summed E-state index contributed by atoms with van der Waals surface area (Å²) in [4.78, 5) is 11.9. The summed E-state index contributed by atoms with van der Waals surface area (Å²) in [6, 6.07) is 8.77. The van der Waals surface area contributed by atoms with Crippen molar-refractivity contribution in [1.82, 2.24) is 5.32 Å². The summed E-state index contributed by atoms with van der Waals surface area (Å²) >= 11 is 0. The lowest BCUT2D eigenvalue weighted by Gasteiger charge is -2.17. The lowest BCUT2D eigenvalue weighted by Crippen LogP contribution is -2.32. The molecule has 6 heteroatoms. The summed E-state index contributed by atoms with van der Waals surface area (Å²) in [6.07, 6.45) is 0.743. The zero-order valence-corrected chi connectivity index (χ0v) is 12.0.